The van der Waals surface area contributed by atoms with Gasteiger partial charge in [-0.3, -0.25) is 9.78 Å². The lowest BCUT2D eigenvalue weighted by atomic mass is 10.0. The molecule has 4 aromatic rings. The number of carbonyl (C=O) groups excluding carboxylic acids is 1. The molecule has 1 aliphatic heterocycles. The number of carboxylic acid groups (broad SMARTS) is 1. The third kappa shape index (κ3) is 5.82. The fourth-order valence-electron chi connectivity index (χ4n) is 3.52. The summed E-state index contributed by atoms with van der Waals surface area (Å²) in [4.78, 5) is 39.8. The zero-order valence-corrected chi connectivity index (χ0v) is 20.5. The van der Waals surface area contributed by atoms with Crippen molar-refractivity contribution >= 4 is 44.6 Å². The molecule has 198 valence electrons. The molecule has 1 fully saturated rings. The number of carbonyl (C=O) groups is 2. The second kappa shape index (κ2) is 10.6. The zero-order valence-electron chi connectivity index (χ0n) is 19.7. The molecule has 0 aromatic carbocycles. The Kier molecular flexibility index (Phi) is 7.46. The van der Waals surface area contributed by atoms with Crippen molar-refractivity contribution in [3.05, 3.63) is 36.3 Å². The molecule has 38 heavy (non-hydrogen) atoms. The highest BCUT2D eigenvalue weighted by Gasteiger charge is 2.31. The zero-order chi connectivity index (χ0) is 27.6. The van der Waals surface area contributed by atoms with Gasteiger partial charge in [-0.1, -0.05) is 0 Å². The Morgan fingerprint density at radius 3 is 2.76 bits per heavy atom. The summed E-state index contributed by atoms with van der Waals surface area (Å²) in [6.45, 7) is 1.35. The van der Waals surface area contributed by atoms with Gasteiger partial charge in [-0.25, -0.2) is 14.8 Å². The molecule has 0 bridgehead atoms. The predicted octanol–water partition coefficient (Wildman–Crippen LogP) is 3.19. The van der Waals surface area contributed by atoms with Crippen molar-refractivity contribution < 1.29 is 32.6 Å². The minimum atomic E-state index is -4.45. The third-order valence-corrected chi connectivity index (χ3v) is 6.56. The van der Waals surface area contributed by atoms with Gasteiger partial charge in [-0.2, -0.15) is 18.4 Å². The molecule has 0 radical (unpaired) electrons. The number of nitriles is 1. The number of thiophene rings is 1. The Morgan fingerprint density at radius 2 is 2.13 bits per heavy atom. The van der Waals surface area contributed by atoms with E-state index in [0.717, 1.165) is 11.3 Å². The molecule has 5 rings (SSSR count). The van der Waals surface area contributed by atoms with E-state index in [0.29, 0.717) is 39.5 Å². The minimum Gasteiger partial charge on any atom is -0.483 e. The standard InChI is InChI=1S/C16H9F3N4O3S.C7H11N3O/c17-16(18,19)6-26-10-1-2-20-8-3-11(27-13(8)10)9-5-22-14-12(23-9)7(4-21-14)15(24)25;1-5(9)7(11)10-3-6(2-8)4-10/h1-5H,6H2,(H,21,22)(H,24,25);5-6H,3-4,9H2,1H3/t;5-/m.1/s1. The molecule has 5 heterocycles. The molecule has 1 aliphatic rings. The molecule has 1 atom stereocenters. The van der Waals surface area contributed by atoms with Gasteiger partial charge in [0.25, 0.3) is 0 Å². The summed E-state index contributed by atoms with van der Waals surface area (Å²) >= 11 is 1.14. The van der Waals surface area contributed by atoms with Crippen LogP contribution in [0.15, 0.2) is 30.7 Å². The summed E-state index contributed by atoms with van der Waals surface area (Å²) in [7, 11) is 0. The first-order valence-corrected chi connectivity index (χ1v) is 11.9. The van der Waals surface area contributed by atoms with Crippen LogP contribution in [-0.4, -0.2) is 73.7 Å². The average Bonchev–Trinajstić information content (AvgIpc) is 3.46. The van der Waals surface area contributed by atoms with E-state index in [9.17, 15) is 27.9 Å². The number of pyridine rings is 1. The number of rotatable bonds is 5. The van der Waals surface area contributed by atoms with E-state index < -0.39 is 24.8 Å². The van der Waals surface area contributed by atoms with E-state index in [1.54, 1.807) is 17.9 Å². The normalized spacial score (nSPS) is 14.4. The van der Waals surface area contributed by atoms with Crippen LogP contribution in [0.2, 0.25) is 0 Å². The Labute approximate surface area is 216 Å². The van der Waals surface area contributed by atoms with Crippen LogP contribution in [0.3, 0.4) is 0 Å². The number of halogens is 3. The Balaban J connectivity index is 0.000000257. The molecule has 4 aromatic heterocycles. The van der Waals surface area contributed by atoms with Crippen LogP contribution in [-0.2, 0) is 4.79 Å². The number of hydrogen-bond donors (Lipinski definition) is 3. The Morgan fingerprint density at radius 1 is 1.39 bits per heavy atom. The second-order valence-corrected chi connectivity index (χ2v) is 9.41. The van der Waals surface area contributed by atoms with Crippen LogP contribution in [0.4, 0.5) is 13.2 Å². The quantitative estimate of drug-likeness (QED) is 0.339. The predicted molar refractivity (Wildman–Crippen MR) is 130 cm³/mol. The summed E-state index contributed by atoms with van der Waals surface area (Å²) in [5.74, 6) is -1.11. The van der Waals surface area contributed by atoms with Crippen molar-refractivity contribution in [2.75, 3.05) is 19.7 Å². The number of hydrogen-bond acceptors (Lipinski definition) is 9. The van der Waals surface area contributed by atoms with Crippen LogP contribution in [0.1, 0.15) is 17.3 Å². The first kappa shape index (κ1) is 26.8. The second-order valence-electron chi connectivity index (χ2n) is 8.36. The third-order valence-electron chi connectivity index (χ3n) is 5.40. The van der Waals surface area contributed by atoms with Gasteiger partial charge in [0, 0.05) is 25.5 Å². The number of nitrogens with zero attached hydrogens (tertiary/aromatic N) is 5. The molecule has 1 amide bonds. The van der Waals surface area contributed by atoms with E-state index in [2.05, 4.69) is 26.0 Å². The lowest BCUT2D eigenvalue weighted by molar-refractivity contribution is -0.153. The van der Waals surface area contributed by atoms with Crippen LogP contribution in [0, 0.1) is 17.2 Å². The molecule has 0 spiro atoms. The highest BCUT2D eigenvalue weighted by atomic mass is 32.1. The van der Waals surface area contributed by atoms with Crippen molar-refractivity contribution in [2.24, 2.45) is 11.7 Å². The molecule has 1 saturated heterocycles. The number of carboxylic acids is 1. The van der Waals surface area contributed by atoms with Crippen molar-refractivity contribution in [3.8, 4) is 22.4 Å². The maximum Gasteiger partial charge on any atom is 0.422 e. The summed E-state index contributed by atoms with van der Waals surface area (Å²) in [5.41, 5.74) is 6.69. The van der Waals surface area contributed by atoms with Crippen LogP contribution in [0.25, 0.3) is 32.0 Å². The molecule has 4 N–H and O–H groups in total. The molecule has 0 saturated carbocycles. The number of aromatic carboxylic acids is 1. The number of aromatic nitrogens is 4. The van der Waals surface area contributed by atoms with Gasteiger partial charge in [-0.15, -0.1) is 11.3 Å². The lowest BCUT2D eigenvalue weighted by Crippen LogP contribution is -2.54. The Bertz CT molecular complexity index is 1540. The number of alkyl halides is 3. The number of H-pyrrole nitrogens is 1. The number of nitrogens with one attached hydrogen (secondary N) is 1. The van der Waals surface area contributed by atoms with Gasteiger partial charge < -0.3 is 25.5 Å². The van der Waals surface area contributed by atoms with Gasteiger partial charge in [0.15, 0.2) is 12.3 Å². The minimum absolute atomic E-state index is 0.0206. The molecule has 0 unspecified atom stereocenters. The molecule has 11 nitrogen and oxygen atoms in total. The number of ether oxygens (including phenoxy) is 1. The molecular weight excluding hydrogens is 527 g/mol. The smallest absolute Gasteiger partial charge is 0.422 e. The molecule has 0 aliphatic carbocycles. The summed E-state index contributed by atoms with van der Waals surface area (Å²) in [5, 5.41) is 17.6. The number of fused-ring (bicyclic) bond motifs is 2. The van der Waals surface area contributed by atoms with Crippen molar-refractivity contribution in [3.63, 3.8) is 0 Å². The van der Waals surface area contributed by atoms with Gasteiger partial charge >= 0.3 is 12.1 Å². The number of nitrogens with two attached hydrogens (primary N) is 1. The van der Waals surface area contributed by atoms with Crippen LogP contribution < -0.4 is 10.5 Å². The van der Waals surface area contributed by atoms with Gasteiger partial charge in [0.1, 0.15) is 16.8 Å². The highest BCUT2D eigenvalue weighted by Crippen LogP contribution is 2.37. The van der Waals surface area contributed by atoms with E-state index in [1.807, 2.05) is 0 Å². The number of amides is 1. The maximum atomic E-state index is 12.4. The summed E-state index contributed by atoms with van der Waals surface area (Å²) in [6, 6.07) is 4.66. The molecular formula is C23H20F3N7O4S. The topological polar surface area (TPSA) is 171 Å². The number of aromatic amines is 1. The monoisotopic (exact) mass is 547 g/mol. The average molecular weight is 548 g/mol. The van der Waals surface area contributed by atoms with E-state index in [-0.39, 0.29) is 28.7 Å². The van der Waals surface area contributed by atoms with Crippen LogP contribution >= 0.6 is 11.3 Å². The fraction of sp³-hybridized carbons (Fsp3) is 0.304. The van der Waals surface area contributed by atoms with Crippen LogP contribution in [0.5, 0.6) is 5.75 Å². The van der Waals surface area contributed by atoms with Crippen molar-refractivity contribution in [2.45, 2.75) is 19.1 Å². The summed E-state index contributed by atoms with van der Waals surface area (Å²) < 4.78 is 42.6. The first-order chi connectivity index (χ1) is 18.0. The van der Waals surface area contributed by atoms with Gasteiger partial charge in [-0.05, 0) is 19.1 Å². The van der Waals surface area contributed by atoms with Crippen molar-refractivity contribution in [1.82, 2.24) is 24.8 Å². The Hall–Kier alpha value is -4.29. The summed E-state index contributed by atoms with van der Waals surface area (Å²) in [6.07, 6.45) is -0.348. The highest BCUT2D eigenvalue weighted by molar-refractivity contribution is 7.22. The van der Waals surface area contributed by atoms with E-state index in [1.165, 1.54) is 24.7 Å². The maximum absolute atomic E-state index is 12.4. The van der Waals surface area contributed by atoms with Crippen molar-refractivity contribution in [1.29, 1.82) is 5.26 Å². The number of likely N-dealkylation sites (tertiary alicyclic amines) is 1. The van der Waals surface area contributed by atoms with E-state index >= 15 is 0 Å². The van der Waals surface area contributed by atoms with E-state index in [4.69, 9.17) is 15.7 Å². The van der Waals surface area contributed by atoms with Gasteiger partial charge in [0.2, 0.25) is 5.91 Å². The lowest BCUT2D eigenvalue weighted by Gasteiger charge is -2.36. The first-order valence-electron chi connectivity index (χ1n) is 11.1. The van der Waals surface area contributed by atoms with Gasteiger partial charge in [0.05, 0.1) is 45.0 Å². The molecule has 15 heteroatoms. The largest absolute Gasteiger partial charge is 0.483 e. The SMILES string of the molecule is C[C@@H](N)C(=O)N1CC(C#N)C1.O=C(O)c1c[nH]c2ncc(-c3cc4nccc(OCC(F)(F)F)c4s3)nc12. The fourth-order valence-corrected chi connectivity index (χ4v) is 4.55.